The Morgan fingerprint density at radius 2 is 2.21 bits per heavy atom. The van der Waals surface area contributed by atoms with Crippen LogP contribution in [0.15, 0.2) is 18.2 Å². The SMILES string of the molecule is Cc1cc([N+](=O)[O-])ccc1C(=O)NC1(CBr)CCC1. The van der Waals surface area contributed by atoms with Gasteiger partial charge in [0.05, 0.1) is 10.5 Å². The topological polar surface area (TPSA) is 72.2 Å². The Morgan fingerprint density at radius 1 is 1.53 bits per heavy atom. The second kappa shape index (κ2) is 5.28. The van der Waals surface area contributed by atoms with Gasteiger partial charge in [0, 0.05) is 23.0 Å². The highest BCUT2D eigenvalue weighted by Crippen LogP contribution is 2.33. The van der Waals surface area contributed by atoms with Crippen molar-refractivity contribution in [2.45, 2.75) is 31.7 Å². The van der Waals surface area contributed by atoms with E-state index < -0.39 is 4.92 Å². The summed E-state index contributed by atoms with van der Waals surface area (Å²) in [4.78, 5) is 22.4. The fourth-order valence-electron chi connectivity index (χ4n) is 2.22. The Balaban J connectivity index is 2.17. The normalized spacial score (nSPS) is 16.5. The third-order valence-electron chi connectivity index (χ3n) is 3.61. The predicted molar refractivity (Wildman–Crippen MR) is 75.7 cm³/mol. The average molecular weight is 327 g/mol. The minimum atomic E-state index is -0.458. The second-order valence-electron chi connectivity index (χ2n) is 4.98. The van der Waals surface area contributed by atoms with Crippen LogP contribution < -0.4 is 5.32 Å². The molecular weight excluding hydrogens is 312 g/mol. The van der Waals surface area contributed by atoms with E-state index in [-0.39, 0.29) is 17.1 Å². The first-order valence-corrected chi connectivity index (χ1v) is 7.23. The number of halogens is 1. The molecule has 0 aliphatic heterocycles. The first-order valence-electron chi connectivity index (χ1n) is 6.11. The lowest BCUT2D eigenvalue weighted by Crippen LogP contribution is -2.55. The minimum absolute atomic E-state index is 0.00731. The minimum Gasteiger partial charge on any atom is -0.346 e. The zero-order chi connectivity index (χ0) is 14.0. The van der Waals surface area contributed by atoms with Crippen LogP contribution in [0, 0.1) is 17.0 Å². The maximum Gasteiger partial charge on any atom is 0.269 e. The van der Waals surface area contributed by atoms with Gasteiger partial charge in [-0.25, -0.2) is 0 Å². The number of benzene rings is 1. The Kier molecular flexibility index (Phi) is 3.89. The van der Waals surface area contributed by atoms with Crippen molar-refractivity contribution in [3.05, 3.63) is 39.4 Å². The van der Waals surface area contributed by atoms with Crippen molar-refractivity contribution in [2.24, 2.45) is 0 Å². The maximum atomic E-state index is 12.2. The number of carbonyl (C=O) groups excluding carboxylic acids is 1. The molecule has 19 heavy (non-hydrogen) atoms. The van der Waals surface area contributed by atoms with E-state index in [1.807, 2.05) is 0 Å². The van der Waals surface area contributed by atoms with Crippen molar-refractivity contribution in [3.8, 4) is 0 Å². The van der Waals surface area contributed by atoms with Gasteiger partial charge in [-0.1, -0.05) is 15.9 Å². The summed E-state index contributed by atoms with van der Waals surface area (Å²) in [6.45, 7) is 1.71. The number of carbonyl (C=O) groups is 1. The fourth-order valence-corrected chi connectivity index (χ4v) is 2.92. The van der Waals surface area contributed by atoms with E-state index in [2.05, 4.69) is 21.2 Å². The van der Waals surface area contributed by atoms with Crippen molar-refractivity contribution in [3.63, 3.8) is 0 Å². The van der Waals surface area contributed by atoms with Crippen molar-refractivity contribution >= 4 is 27.5 Å². The number of aryl methyl sites for hydroxylation is 1. The van der Waals surface area contributed by atoms with E-state index in [1.165, 1.54) is 18.2 Å². The predicted octanol–water partition coefficient (Wildman–Crippen LogP) is 2.95. The van der Waals surface area contributed by atoms with Gasteiger partial charge in [0.15, 0.2) is 0 Å². The van der Waals surface area contributed by atoms with Crippen LogP contribution in [-0.4, -0.2) is 21.7 Å². The molecule has 0 unspecified atom stereocenters. The molecule has 0 atom stereocenters. The van der Waals surface area contributed by atoms with Gasteiger partial charge in [0.25, 0.3) is 11.6 Å². The van der Waals surface area contributed by atoms with Crippen molar-refractivity contribution in [1.82, 2.24) is 5.32 Å². The van der Waals surface area contributed by atoms with E-state index in [4.69, 9.17) is 0 Å². The van der Waals surface area contributed by atoms with Crippen LogP contribution in [0.2, 0.25) is 0 Å². The molecule has 0 bridgehead atoms. The molecule has 1 amide bonds. The fraction of sp³-hybridized carbons (Fsp3) is 0.462. The third-order valence-corrected chi connectivity index (χ3v) is 4.68. The Bertz CT molecular complexity index is 521. The molecule has 1 aliphatic carbocycles. The molecule has 1 aromatic rings. The number of non-ortho nitro benzene ring substituents is 1. The Hall–Kier alpha value is -1.43. The number of amides is 1. The van der Waals surface area contributed by atoms with Crippen LogP contribution in [0.3, 0.4) is 0 Å². The quantitative estimate of drug-likeness (QED) is 0.525. The number of hydrogen-bond acceptors (Lipinski definition) is 3. The van der Waals surface area contributed by atoms with E-state index in [1.54, 1.807) is 6.92 Å². The van der Waals surface area contributed by atoms with Gasteiger partial charge in [0.1, 0.15) is 0 Å². The number of nitro benzene ring substituents is 1. The Morgan fingerprint density at radius 3 is 2.63 bits per heavy atom. The maximum absolute atomic E-state index is 12.2. The van der Waals surface area contributed by atoms with Crippen molar-refractivity contribution in [2.75, 3.05) is 5.33 Å². The largest absolute Gasteiger partial charge is 0.346 e. The molecule has 1 aliphatic rings. The third kappa shape index (κ3) is 2.78. The molecule has 0 spiro atoms. The van der Waals surface area contributed by atoms with Crippen LogP contribution in [0.25, 0.3) is 0 Å². The van der Waals surface area contributed by atoms with Gasteiger partial charge in [-0.2, -0.15) is 0 Å². The summed E-state index contributed by atoms with van der Waals surface area (Å²) in [6.07, 6.45) is 3.05. The second-order valence-corrected chi connectivity index (χ2v) is 5.54. The standard InChI is InChI=1S/C13H15BrN2O3/c1-9-7-10(16(18)19)3-4-11(9)12(17)15-13(8-14)5-2-6-13/h3-4,7H,2,5-6,8H2,1H3,(H,15,17). The molecule has 1 saturated carbocycles. The summed E-state index contributed by atoms with van der Waals surface area (Å²) in [5.41, 5.74) is 0.979. The molecule has 1 aromatic carbocycles. The molecular formula is C13H15BrN2O3. The number of nitrogens with one attached hydrogen (secondary N) is 1. The highest BCUT2D eigenvalue weighted by molar-refractivity contribution is 9.09. The van der Waals surface area contributed by atoms with Crippen molar-refractivity contribution in [1.29, 1.82) is 0 Å². The molecule has 5 nitrogen and oxygen atoms in total. The molecule has 0 saturated heterocycles. The molecule has 102 valence electrons. The summed E-state index contributed by atoms with van der Waals surface area (Å²) < 4.78 is 0. The van der Waals surface area contributed by atoms with Crippen LogP contribution in [0.1, 0.15) is 35.2 Å². The lowest BCUT2D eigenvalue weighted by atomic mass is 9.78. The van der Waals surface area contributed by atoms with Gasteiger partial charge < -0.3 is 5.32 Å². The van der Waals surface area contributed by atoms with Crippen LogP contribution >= 0.6 is 15.9 Å². The molecule has 0 radical (unpaired) electrons. The van der Waals surface area contributed by atoms with Gasteiger partial charge in [-0.3, -0.25) is 14.9 Å². The molecule has 0 aromatic heterocycles. The molecule has 1 fully saturated rings. The zero-order valence-electron chi connectivity index (χ0n) is 10.6. The van der Waals surface area contributed by atoms with Gasteiger partial charge in [0.2, 0.25) is 0 Å². The summed E-state index contributed by atoms with van der Waals surface area (Å²) in [6, 6.07) is 4.31. The lowest BCUT2D eigenvalue weighted by Gasteiger charge is -2.41. The van der Waals surface area contributed by atoms with E-state index in [9.17, 15) is 14.9 Å². The number of nitrogens with zero attached hydrogens (tertiary/aromatic N) is 1. The van der Waals surface area contributed by atoms with Crippen molar-refractivity contribution < 1.29 is 9.72 Å². The Labute approximate surface area is 119 Å². The molecule has 0 heterocycles. The van der Waals surface area contributed by atoms with E-state index >= 15 is 0 Å². The number of alkyl halides is 1. The summed E-state index contributed by atoms with van der Waals surface area (Å²) in [5, 5.41) is 14.4. The van der Waals surface area contributed by atoms with E-state index in [0.29, 0.717) is 11.1 Å². The van der Waals surface area contributed by atoms with Gasteiger partial charge in [-0.05, 0) is 37.8 Å². The summed E-state index contributed by atoms with van der Waals surface area (Å²) in [5.74, 6) is -0.161. The lowest BCUT2D eigenvalue weighted by molar-refractivity contribution is -0.384. The number of nitro groups is 1. The zero-order valence-corrected chi connectivity index (χ0v) is 12.2. The monoisotopic (exact) mass is 326 g/mol. The van der Waals surface area contributed by atoms with Gasteiger partial charge in [-0.15, -0.1) is 0 Å². The van der Waals surface area contributed by atoms with Crippen LogP contribution in [0.5, 0.6) is 0 Å². The first-order chi connectivity index (χ1) is 8.97. The highest BCUT2D eigenvalue weighted by Gasteiger charge is 2.37. The first kappa shape index (κ1) is 14.0. The average Bonchev–Trinajstić information content (AvgIpc) is 2.33. The summed E-state index contributed by atoms with van der Waals surface area (Å²) in [7, 11) is 0. The highest BCUT2D eigenvalue weighted by atomic mass is 79.9. The van der Waals surface area contributed by atoms with E-state index in [0.717, 1.165) is 24.6 Å². The summed E-state index contributed by atoms with van der Waals surface area (Å²) >= 11 is 3.43. The smallest absolute Gasteiger partial charge is 0.269 e. The van der Waals surface area contributed by atoms with Crippen LogP contribution in [-0.2, 0) is 0 Å². The molecule has 6 heteroatoms. The van der Waals surface area contributed by atoms with Gasteiger partial charge >= 0.3 is 0 Å². The molecule has 2 rings (SSSR count). The molecule has 1 N–H and O–H groups in total. The number of hydrogen-bond donors (Lipinski definition) is 1. The number of rotatable bonds is 4. The van der Waals surface area contributed by atoms with Crippen LogP contribution in [0.4, 0.5) is 5.69 Å².